The summed E-state index contributed by atoms with van der Waals surface area (Å²) in [6.45, 7) is 1.92. The van der Waals surface area contributed by atoms with Crippen LogP contribution in [0.1, 0.15) is 24.4 Å². The summed E-state index contributed by atoms with van der Waals surface area (Å²) in [5.74, 6) is -1.22. The molecule has 7 heteroatoms. The van der Waals surface area contributed by atoms with E-state index in [1.807, 2.05) is 0 Å². The number of piperidine rings is 1. The maximum Gasteiger partial charge on any atom is 0.231 e. The molecule has 130 valence electrons. The van der Waals surface area contributed by atoms with E-state index < -0.39 is 23.5 Å². The van der Waals surface area contributed by atoms with Crippen molar-refractivity contribution >= 4 is 23.4 Å². The van der Waals surface area contributed by atoms with E-state index in [4.69, 9.17) is 4.42 Å². The van der Waals surface area contributed by atoms with Crippen LogP contribution >= 0.6 is 0 Å². The Labute approximate surface area is 143 Å². The van der Waals surface area contributed by atoms with Crippen molar-refractivity contribution in [2.45, 2.75) is 26.3 Å². The van der Waals surface area contributed by atoms with Crippen LogP contribution in [0.3, 0.4) is 0 Å². The van der Waals surface area contributed by atoms with Crippen molar-refractivity contribution in [3.05, 3.63) is 53.7 Å². The minimum atomic E-state index is -0.748. The molecule has 0 spiro atoms. The predicted molar refractivity (Wildman–Crippen MR) is 86.9 cm³/mol. The van der Waals surface area contributed by atoms with Gasteiger partial charge in [-0.1, -0.05) is 0 Å². The van der Waals surface area contributed by atoms with Gasteiger partial charge in [0.2, 0.25) is 17.7 Å². The molecule has 1 saturated heterocycles. The summed E-state index contributed by atoms with van der Waals surface area (Å²) in [5, 5.41) is 2.19. The number of halogens is 1. The minimum absolute atomic E-state index is 0.0561. The molecule has 3 amide bonds. The summed E-state index contributed by atoms with van der Waals surface area (Å²) in [6, 6.07) is 8.99. The van der Waals surface area contributed by atoms with Gasteiger partial charge in [-0.3, -0.25) is 19.7 Å². The fourth-order valence-electron chi connectivity index (χ4n) is 2.82. The van der Waals surface area contributed by atoms with Gasteiger partial charge >= 0.3 is 0 Å². The van der Waals surface area contributed by atoms with E-state index in [9.17, 15) is 18.8 Å². The number of benzene rings is 1. The van der Waals surface area contributed by atoms with E-state index in [0.717, 1.165) is 0 Å². The first kappa shape index (κ1) is 16.9. The van der Waals surface area contributed by atoms with E-state index in [1.165, 1.54) is 29.2 Å². The van der Waals surface area contributed by atoms with Gasteiger partial charge < -0.3 is 9.32 Å². The Balaban J connectivity index is 1.89. The van der Waals surface area contributed by atoms with Crippen LogP contribution < -0.4 is 10.2 Å². The second kappa shape index (κ2) is 6.88. The molecule has 25 heavy (non-hydrogen) atoms. The molecule has 0 radical (unpaired) electrons. The molecular weight excluding hydrogens is 327 g/mol. The number of furan rings is 1. The third-order valence-corrected chi connectivity index (χ3v) is 4.01. The summed E-state index contributed by atoms with van der Waals surface area (Å²) < 4.78 is 18.7. The zero-order valence-electron chi connectivity index (χ0n) is 13.6. The highest BCUT2D eigenvalue weighted by molar-refractivity contribution is 6.05. The highest BCUT2D eigenvalue weighted by Gasteiger charge is 2.34. The molecule has 2 heterocycles. The third kappa shape index (κ3) is 3.93. The van der Waals surface area contributed by atoms with Gasteiger partial charge in [-0.2, -0.15) is 0 Å². The highest BCUT2D eigenvalue weighted by atomic mass is 19.1. The lowest BCUT2D eigenvalue weighted by molar-refractivity contribution is -0.139. The summed E-state index contributed by atoms with van der Waals surface area (Å²) in [4.78, 5) is 37.5. The number of nitrogens with one attached hydrogen (secondary N) is 1. The van der Waals surface area contributed by atoms with Crippen molar-refractivity contribution in [1.82, 2.24) is 5.32 Å². The van der Waals surface area contributed by atoms with Gasteiger partial charge in [0.15, 0.2) is 0 Å². The molecule has 3 rings (SSSR count). The number of aryl methyl sites for hydroxylation is 1. The maximum absolute atomic E-state index is 13.2. The first-order chi connectivity index (χ1) is 11.9. The predicted octanol–water partition coefficient (Wildman–Crippen LogP) is 2.31. The number of carbonyl (C=O) groups is 3. The number of nitrogens with zero attached hydrogens (tertiary/aromatic N) is 1. The molecule has 1 N–H and O–H groups in total. The van der Waals surface area contributed by atoms with Crippen LogP contribution in [0, 0.1) is 18.7 Å². The topological polar surface area (TPSA) is 79.6 Å². The van der Waals surface area contributed by atoms with Crippen LogP contribution in [-0.4, -0.2) is 17.7 Å². The summed E-state index contributed by atoms with van der Waals surface area (Å²) in [6.07, 6.45) is -0.112. The van der Waals surface area contributed by atoms with Gasteiger partial charge in [0, 0.05) is 18.5 Å². The van der Waals surface area contributed by atoms with Gasteiger partial charge in [-0.15, -0.1) is 0 Å². The molecule has 0 atom stereocenters. The molecule has 1 fully saturated rings. The van der Waals surface area contributed by atoms with Crippen molar-refractivity contribution in [3.8, 4) is 0 Å². The van der Waals surface area contributed by atoms with E-state index in [-0.39, 0.29) is 25.3 Å². The Morgan fingerprint density at radius 2 is 1.80 bits per heavy atom. The molecule has 1 aromatic carbocycles. The van der Waals surface area contributed by atoms with Crippen LogP contribution in [0.2, 0.25) is 0 Å². The average Bonchev–Trinajstić information content (AvgIpc) is 2.97. The molecule has 1 aliphatic rings. The number of imide groups is 1. The first-order valence-electron chi connectivity index (χ1n) is 7.87. The zero-order chi connectivity index (χ0) is 18.0. The molecular formula is C18H17FN2O4. The number of rotatable bonds is 4. The van der Waals surface area contributed by atoms with Crippen molar-refractivity contribution in [2.75, 3.05) is 4.90 Å². The Bertz CT molecular complexity index is 797. The highest BCUT2D eigenvalue weighted by Crippen LogP contribution is 2.25. The van der Waals surface area contributed by atoms with Gasteiger partial charge in [-0.05, 0) is 43.3 Å². The van der Waals surface area contributed by atoms with Gasteiger partial charge in [-0.25, -0.2) is 4.39 Å². The lowest BCUT2D eigenvalue weighted by Gasteiger charge is -2.28. The van der Waals surface area contributed by atoms with Gasteiger partial charge in [0.05, 0.1) is 12.5 Å². The van der Waals surface area contributed by atoms with E-state index in [2.05, 4.69) is 5.32 Å². The fourth-order valence-corrected chi connectivity index (χ4v) is 2.82. The van der Waals surface area contributed by atoms with Gasteiger partial charge in [0.25, 0.3) is 0 Å². The quantitative estimate of drug-likeness (QED) is 0.863. The summed E-state index contributed by atoms with van der Waals surface area (Å²) in [5.41, 5.74) is 0.471. The molecule has 1 aromatic heterocycles. The molecule has 2 aromatic rings. The molecule has 0 bridgehead atoms. The van der Waals surface area contributed by atoms with E-state index in [1.54, 1.807) is 19.1 Å². The second-order valence-corrected chi connectivity index (χ2v) is 5.99. The van der Waals surface area contributed by atoms with E-state index >= 15 is 0 Å². The normalized spacial score (nSPS) is 15.1. The standard InChI is InChI=1S/C18H17FN2O4/c1-11-2-7-15(25-11)10-21(14-5-3-13(19)4-6-14)18(24)12-8-16(22)20-17(23)9-12/h2-7,12H,8-10H2,1H3,(H,20,22,23). The Morgan fingerprint density at radius 3 is 2.36 bits per heavy atom. The molecule has 0 unspecified atom stereocenters. The fraction of sp³-hybridized carbons (Fsp3) is 0.278. The van der Waals surface area contributed by atoms with Crippen molar-refractivity contribution < 1.29 is 23.2 Å². The lowest BCUT2D eigenvalue weighted by Crippen LogP contribution is -2.45. The van der Waals surface area contributed by atoms with Crippen LogP contribution in [0.15, 0.2) is 40.8 Å². The number of hydrogen-bond donors (Lipinski definition) is 1. The van der Waals surface area contributed by atoms with Crippen LogP contribution in [0.25, 0.3) is 0 Å². The summed E-state index contributed by atoms with van der Waals surface area (Å²) >= 11 is 0. The first-order valence-corrected chi connectivity index (χ1v) is 7.87. The molecule has 0 aliphatic carbocycles. The van der Waals surface area contributed by atoms with Crippen molar-refractivity contribution in [3.63, 3.8) is 0 Å². The number of amides is 3. The Hall–Kier alpha value is -2.96. The minimum Gasteiger partial charge on any atom is -0.464 e. The molecule has 6 nitrogen and oxygen atoms in total. The largest absolute Gasteiger partial charge is 0.464 e. The van der Waals surface area contributed by atoms with Crippen molar-refractivity contribution in [1.29, 1.82) is 0 Å². The number of hydrogen-bond acceptors (Lipinski definition) is 4. The summed E-state index contributed by atoms with van der Waals surface area (Å²) in [7, 11) is 0. The average molecular weight is 344 g/mol. The zero-order valence-corrected chi connectivity index (χ0v) is 13.6. The Kier molecular flexibility index (Phi) is 4.65. The third-order valence-electron chi connectivity index (χ3n) is 4.01. The van der Waals surface area contributed by atoms with E-state index in [0.29, 0.717) is 17.2 Å². The van der Waals surface area contributed by atoms with Crippen LogP contribution in [-0.2, 0) is 20.9 Å². The van der Waals surface area contributed by atoms with Crippen LogP contribution in [0.4, 0.5) is 10.1 Å². The molecule has 1 aliphatic heterocycles. The molecule has 0 saturated carbocycles. The second-order valence-electron chi connectivity index (χ2n) is 5.99. The van der Waals surface area contributed by atoms with Gasteiger partial charge in [0.1, 0.15) is 17.3 Å². The van der Waals surface area contributed by atoms with Crippen molar-refractivity contribution in [2.24, 2.45) is 5.92 Å². The SMILES string of the molecule is Cc1ccc(CN(C(=O)C2CC(=O)NC(=O)C2)c2ccc(F)cc2)o1. The Morgan fingerprint density at radius 1 is 1.16 bits per heavy atom. The number of carbonyl (C=O) groups excluding carboxylic acids is 3. The van der Waals surface area contributed by atoms with Crippen LogP contribution in [0.5, 0.6) is 0 Å². The smallest absolute Gasteiger partial charge is 0.231 e. The lowest BCUT2D eigenvalue weighted by atomic mass is 9.95. The maximum atomic E-state index is 13.2. The number of anilines is 1. The monoisotopic (exact) mass is 344 g/mol.